The molecule has 0 saturated carbocycles. The van der Waals surface area contributed by atoms with Crippen LogP contribution in [0.5, 0.6) is 0 Å². The number of fused-ring (bicyclic) bond motifs is 4. The summed E-state index contributed by atoms with van der Waals surface area (Å²) in [7, 11) is -2.09. The van der Waals surface area contributed by atoms with Crippen LogP contribution in [0.3, 0.4) is 0 Å². The van der Waals surface area contributed by atoms with E-state index in [1.54, 1.807) is 36.4 Å². The van der Waals surface area contributed by atoms with Crippen molar-refractivity contribution in [2.75, 3.05) is 0 Å². The summed E-state index contributed by atoms with van der Waals surface area (Å²) in [6.07, 6.45) is 0. The monoisotopic (exact) mass is 648 g/mol. The Labute approximate surface area is 290 Å². The molecule has 2 nitrogen and oxygen atoms in total. The number of halogens is 1. The van der Waals surface area contributed by atoms with Gasteiger partial charge in [-0.15, -0.1) is 0 Å². The van der Waals surface area contributed by atoms with Gasteiger partial charge in [-0.25, -0.2) is 0 Å². The summed E-state index contributed by atoms with van der Waals surface area (Å²) in [5, 5.41) is 21.8. The minimum atomic E-state index is -2.09. The third-order valence-electron chi connectivity index (χ3n) is 7.04. The molecule has 0 radical (unpaired) electrons. The molecule has 8 aromatic carbocycles. The first kappa shape index (κ1) is 14.4. The fraction of sp³-hybridized carbons (Fsp3) is 0. The van der Waals surface area contributed by atoms with E-state index < -0.39 is 104 Å². The van der Waals surface area contributed by atoms with Gasteiger partial charge in [0.25, 0.3) is 0 Å². The molecule has 0 aromatic heterocycles. The highest BCUT2D eigenvalue weighted by atomic mass is 79.9. The van der Waals surface area contributed by atoms with E-state index in [0.29, 0.717) is 15.2 Å². The van der Waals surface area contributed by atoms with Crippen molar-refractivity contribution >= 4 is 71.6 Å². The van der Waals surface area contributed by atoms with Crippen LogP contribution in [0.25, 0.3) is 65.3 Å². The van der Waals surface area contributed by atoms with Crippen LogP contribution >= 0.6 is 15.9 Å². The molecule has 0 amide bonds. The van der Waals surface area contributed by atoms with Crippen molar-refractivity contribution in [1.82, 2.24) is 0 Å². The largest absolute Gasteiger partial charge is 0.489 e. The van der Waals surface area contributed by atoms with Crippen molar-refractivity contribution in [2.24, 2.45) is 0 Å². The van der Waals surface area contributed by atoms with Crippen LogP contribution in [-0.2, 0) is 0 Å². The number of hydrogen-bond acceptors (Lipinski definition) is 2. The van der Waals surface area contributed by atoms with E-state index >= 15 is 0 Å². The highest BCUT2D eigenvalue weighted by molar-refractivity contribution is 9.10. The summed E-state index contributed by atoms with van der Waals surface area (Å²) in [5.74, 6) is 0. The molecule has 0 spiro atoms. The smallest absolute Gasteiger partial charge is 0.423 e. The second-order valence-electron chi connectivity index (χ2n) is 9.44. The van der Waals surface area contributed by atoms with Gasteiger partial charge in [0.05, 0.1) is 24.7 Å². The van der Waals surface area contributed by atoms with Crippen LogP contribution in [0.2, 0.25) is 0 Å². The first-order chi connectivity index (χ1) is 29.1. The second kappa shape index (κ2) is 12.1. The maximum absolute atomic E-state index is 10.1. The van der Waals surface area contributed by atoms with Gasteiger partial charge in [0, 0.05) is 4.47 Å². The molecule has 0 aliphatic heterocycles. The molecule has 0 unspecified atom stereocenters. The minimum Gasteiger partial charge on any atom is -0.423 e. The zero-order chi connectivity index (χ0) is 45.7. The van der Waals surface area contributed by atoms with E-state index in [2.05, 4.69) is 15.9 Å². The zero-order valence-electron chi connectivity index (χ0n) is 40.5. The molecule has 0 bridgehead atoms. The third kappa shape index (κ3) is 4.97. The lowest BCUT2D eigenvalue weighted by atomic mass is 9.72. The summed E-state index contributed by atoms with van der Waals surface area (Å²) in [5.41, 5.74) is -0.295. The van der Waals surface area contributed by atoms with Crippen LogP contribution in [0.1, 0.15) is 24.7 Å². The highest BCUT2D eigenvalue weighted by Crippen LogP contribution is 2.41. The summed E-state index contributed by atoms with van der Waals surface area (Å²) >= 11 is 3.46. The minimum absolute atomic E-state index is 0.00370. The summed E-state index contributed by atoms with van der Waals surface area (Å²) < 4.78 is 148. The Morgan fingerprint density at radius 3 is 1.34 bits per heavy atom. The van der Waals surface area contributed by atoms with E-state index in [-0.39, 0.29) is 72.1 Å². The Morgan fingerprint density at radius 1 is 0.432 bits per heavy atom. The van der Waals surface area contributed by atoms with Crippen molar-refractivity contribution in [1.29, 1.82) is 0 Å². The Morgan fingerprint density at radius 2 is 0.818 bits per heavy atom. The molecule has 0 heterocycles. The lowest BCUT2D eigenvalue weighted by molar-refractivity contribution is 0.426. The Bertz CT molecular complexity index is 3230. The van der Waals surface area contributed by atoms with Gasteiger partial charge in [-0.2, -0.15) is 0 Å². The fourth-order valence-corrected chi connectivity index (χ4v) is 5.91. The molecule has 44 heavy (non-hydrogen) atoms. The quantitative estimate of drug-likeness (QED) is 0.148. The standard InChI is InChI=1S/C20H15BO2.C20H13Br/c22-21(23)20-17-12-6-4-10-15(17)19(14-8-2-1-3-9-14)16-11-5-7-13-18(16)20;21-20-17-12-6-4-10-15(17)19(14-8-2-1-3-9-14)16-11-5-7-13-18(16)20/h1-13,22-23H;1-13H/i2*1D,2D,3D,4D,6D,8D,9D,10D,12D. The van der Waals surface area contributed by atoms with Crippen LogP contribution in [0.4, 0.5) is 0 Å². The Kier molecular flexibility index (Phi) is 3.95. The molecular weight excluding hydrogens is 603 g/mol. The van der Waals surface area contributed by atoms with Gasteiger partial charge >= 0.3 is 7.12 Å². The van der Waals surface area contributed by atoms with Crippen molar-refractivity contribution in [3.63, 3.8) is 0 Å². The average Bonchev–Trinajstić information content (AvgIpc) is 3.26. The number of rotatable bonds is 3. The van der Waals surface area contributed by atoms with E-state index in [1.807, 2.05) is 0 Å². The first-order valence-electron chi connectivity index (χ1n) is 22.1. The van der Waals surface area contributed by atoms with Gasteiger partial charge in [0.1, 0.15) is 0 Å². The van der Waals surface area contributed by atoms with Gasteiger partial charge in [-0.3, -0.25) is 0 Å². The van der Waals surface area contributed by atoms with E-state index in [0.717, 1.165) is 0 Å². The van der Waals surface area contributed by atoms with Crippen LogP contribution < -0.4 is 5.46 Å². The SMILES string of the molecule is [2H]c1c([2H])c([2H])c(-c2c3ccccc3c(B(O)O)c3c([2H])c([2H])c([2H])c([2H])c23)c([2H])c1[2H].[2H]c1c([2H])c([2H])c(-c2c3ccccc3c(Br)c3c([2H])c([2H])c([2H])c([2H])c23)c([2H])c1[2H]. The normalized spacial score (nSPS) is 16.8. The van der Waals surface area contributed by atoms with Gasteiger partial charge in [0.2, 0.25) is 0 Å². The molecule has 0 atom stereocenters. The second-order valence-corrected chi connectivity index (χ2v) is 10.2. The predicted octanol–water partition coefficient (Wildman–Crippen LogP) is 9.76. The van der Waals surface area contributed by atoms with Crippen molar-refractivity contribution < 1.29 is 34.7 Å². The molecule has 8 aromatic rings. The van der Waals surface area contributed by atoms with E-state index in [4.69, 9.17) is 24.7 Å². The molecule has 8 rings (SSSR count). The predicted molar refractivity (Wildman–Crippen MR) is 191 cm³/mol. The lowest BCUT2D eigenvalue weighted by Gasteiger charge is -2.16. The maximum Gasteiger partial charge on any atom is 0.489 e. The molecule has 4 heteroatoms. The molecule has 0 aliphatic rings. The molecule has 0 fully saturated rings. The average molecular weight is 649 g/mol. The van der Waals surface area contributed by atoms with Crippen LogP contribution in [-0.4, -0.2) is 17.2 Å². The number of hydrogen-bond donors (Lipinski definition) is 2. The summed E-state index contributed by atoms with van der Waals surface area (Å²) in [6.45, 7) is 0. The van der Waals surface area contributed by atoms with Crippen molar-refractivity contribution in [3.05, 3.63) is 162 Å². The molecule has 0 aliphatic carbocycles. The van der Waals surface area contributed by atoms with Crippen molar-refractivity contribution in [2.45, 2.75) is 0 Å². The van der Waals surface area contributed by atoms with Crippen LogP contribution in [0, 0.1) is 0 Å². The Balaban J connectivity index is 0.000000187. The Hall–Kier alpha value is -4.74. The highest BCUT2D eigenvalue weighted by Gasteiger charge is 2.22. The third-order valence-corrected chi connectivity index (χ3v) is 7.87. The first-order valence-corrected chi connectivity index (χ1v) is 13.9. The topological polar surface area (TPSA) is 40.5 Å². The number of benzene rings is 8. The van der Waals surface area contributed by atoms with E-state index in [1.165, 1.54) is 12.1 Å². The summed E-state index contributed by atoms with van der Waals surface area (Å²) in [6, 6.07) is 4.26. The zero-order valence-corrected chi connectivity index (χ0v) is 24.1. The van der Waals surface area contributed by atoms with Gasteiger partial charge in [-0.1, -0.05) is 157 Å². The molecule has 0 saturated heterocycles. The van der Waals surface area contributed by atoms with E-state index in [9.17, 15) is 10.0 Å². The van der Waals surface area contributed by atoms with Gasteiger partial charge in [0.15, 0.2) is 0 Å². The fourth-order valence-electron chi connectivity index (χ4n) is 5.27. The summed E-state index contributed by atoms with van der Waals surface area (Å²) in [4.78, 5) is 0. The molecule has 210 valence electrons. The molecular formula is C40H28BBrO2. The lowest BCUT2D eigenvalue weighted by Crippen LogP contribution is -2.31. The van der Waals surface area contributed by atoms with Gasteiger partial charge < -0.3 is 10.0 Å². The van der Waals surface area contributed by atoms with Crippen molar-refractivity contribution in [3.8, 4) is 22.3 Å². The molecule has 2 N–H and O–H groups in total. The van der Waals surface area contributed by atoms with Crippen LogP contribution in [0.15, 0.2) is 162 Å². The van der Waals surface area contributed by atoms with Gasteiger partial charge in [-0.05, 0) is 86.7 Å². The maximum atomic E-state index is 10.1.